The third-order valence-electron chi connectivity index (χ3n) is 6.48. The van der Waals surface area contributed by atoms with E-state index in [9.17, 15) is 9.90 Å². The van der Waals surface area contributed by atoms with Crippen molar-refractivity contribution in [2.45, 2.75) is 37.8 Å². The molecular formula is C28H33ClN2O3. The van der Waals surface area contributed by atoms with E-state index in [0.29, 0.717) is 24.8 Å². The molecule has 180 valence electrons. The molecular weight excluding hydrogens is 448 g/mol. The molecule has 1 atom stereocenters. The Kier molecular flexibility index (Phi) is 8.24. The number of likely N-dealkylation sites (tertiary alicyclic amines) is 1. The van der Waals surface area contributed by atoms with Crippen LogP contribution in [0.2, 0.25) is 0 Å². The number of benzene rings is 3. The fraction of sp³-hybridized carbons (Fsp3) is 0.321. The second-order valence-corrected chi connectivity index (χ2v) is 9.24. The summed E-state index contributed by atoms with van der Waals surface area (Å²) >= 11 is 0. The maximum absolute atomic E-state index is 13.4. The SMILES string of the molecule is CC(C)CC(N1CC(Oc2cccc(O)c2)C1)C(C(N)=O)(c1ccccc1)c1ccccc1.Cl. The van der Waals surface area contributed by atoms with Crippen LogP contribution in [0.1, 0.15) is 31.4 Å². The van der Waals surface area contributed by atoms with E-state index >= 15 is 0 Å². The van der Waals surface area contributed by atoms with Crippen molar-refractivity contribution in [1.29, 1.82) is 0 Å². The van der Waals surface area contributed by atoms with Gasteiger partial charge >= 0.3 is 0 Å². The first-order chi connectivity index (χ1) is 15.9. The van der Waals surface area contributed by atoms with Gasteiger partial charge in [-0.3, -0.25) is 9.69 Å². The van der Waals surface area contributed by atoms with Crippen LogP contribution in [0.15, 0.2) is 84.9 Å². The highest BCUT2D eigenvalue weighted by molar-refractivity contribution is 5.92. The standard InChI is InChI=1S/C28H32N2O3.ClH/c1-20(2)16-26(30-18-25(19-30)33-24-15-9-14-23(31)17-24)28(27(29)32,21-10-5-3-6-11-21)22-12-7-4-8-13-22;/h3-15,17,20,25-26,31H,16,18-19H2,1-2H3,(H2,29,32);1H. The summed E-state index contributed by atoms with van der Waals surface area (Å²) in [5.74, 6) is 0.852. The molecule has 1 unspecified atom stereocenters. The number of carbonyl (C=O) groups is 1. The number of phenols is 1. The van der Waals surface area contributed by atoms with Gasteiger partial charge in [0.15, 0.2) is 0 Å². The van der Waals surface area contributed by atoms with Gasteiger partial charge in [-0.15, -0.1) is 12.4 Å². The van der Waals surface area contributed by atoms with Crippen LogP contribution in [0.4, 0.5) is 0 Å². The molecule has 0 radical (unpaired) electrons. The number of phenolic OH excluding ortho intramolecular Hbond substituents is 1. The van der Waals surface area contributed by atoms with E-state index in [0.717, 1.165) is 17.5 Å². The second-order valence-electron chi connectivity index (χ2n) is 9.24. The number of nitrogens with zero attached hydrogens (tertiary/aromatic N) is 1. The van der Waals surface area contributed by atoms with Crippen LogP contribution in [0.3, 0.4) is 0 Å². The number of carbonyl (C=O) groups excluding carboxylic acids is 1. The van der Waals surface area contributed by atoms with Gasteiger partial charge in [-0.25, -0.2) is 0 Å². The molecule has 6 heteroatoms. The van der Waals surface area contributed by atoms with Crippen molar-refractivity contribution in [2.24, 2.45) is 11.7 Å². The summed E-state index contributed by atoms with van der Waals surface area (Å²) in [6.45, 7) is 5.72. The normalized spacial score (nSPS) is 15.3. The summed E-state index contributed by atoms with van der Waals surface area (Å²) < 4.78 is 6.08. The maximum Gasteiger partial charge on any atom is 0.234 e. The Morgan fingerprint density at radius 1 is 1.00 bits per heavy atom. The number of hydrogen-bond acceptors (Lipinski definition) is 4. The first kappa shape index (κ1) is 25.6. The van der Waals surface area contributed by atoms with Crippen molar-refractivity contribution in [3.8, 4) is 11.5 Å². The molecule has 3 aromatic carbocycles. The second kappa shape index (κ2) is 10.9. The molecule has 1 fully saturated rings. The predicted octanol–water partition coefficient (Wildman–Crippen LogP) is 4.76. The first-order valence-electron chi connectivity index (χ1n) is 11.5. The Hall–Kier alpha value is -3.02. The van der Waals surface area contributed by atoms with Crippen molar-refractivity contribution in [1.82, 2.24) is 4.90 Å². The van der Waals surface area contributed by atoms with Gasteiger partial charge in [0.25, 0.3) is 0 Å². The Morgan fingerprint density at radius 3 is 2.03 bits per heavy atom. The lowest BCUT2D eigenvalue weighted by Crippen LogP contribution is -2.66. The molecule has 1 saturated heterocycles. The van der Waals surface area contributed by atoms with E-state index in [-0.39, 0.29) is 36.2 Å². The monoisotopic (exact) mass is 480 g/mol. The minimum atomic E-state index is -0.983. The Bertz CT molecular complexity index is 1030. The summed E-state index contributed by atoms with van der Waals surface area (Å²) in [4.78, 5) is 15.8. The quantitative estimate of drug-likeness (QED) is 0.463. The summed E-state index contributed by atoms with van der Waals surface area (Å²) in [5, 5.41) is 9.73. The molecule has 0 saturated carbocycles. The zero-order valence-corrected chi connectivity index (χ0v) is 20.4. The minimum Gasteiger partial charge on any atom is -0.508 e. The van der Waals surface area contributed by atoms with Gasteiger partial charge in [0, 0.05) is 25.2 Å². The molecule has 4 rings (SSSR count). The number of halogens is 1. The molecule has 0 bridgehead atoms. The molecule has 0 aromatic heterocycles. The number of amides is 1. The summed E-state index contributed by atoms with van der Waals surface area (Å²) in [6, 6.07) is 26.5. The molecule has 3 aromatic rings. The van der Waals surface area contributed by atoms with Gasteiger partial charge in [-0.2, -0.15) is 0 Å². The van der Waals surface area contributed by atoms with Crippen molar-refractivity contribution in [2.75, 3.05) is 13.1 Å². The van der Waals surface area contributed by atoms with Gasteiger partial charge in [-0.1, -0.05) is 80.6 Å². The van der Waals surface area contributed by atoms with Crippen LogP contribution in [0, 0.1) is 5.92 Å². The van der Waals surface area contributed by atoms with Gasteiger partial charge in [0.05, 0.1) is 0 Å². The number of rotatable bonds is 9. The van der Waals surface area contributed by atoms with E-state index in [4.69, 9.17) is 10.5 Å². The lowest BCUT2D eigenvalue weighted by Gasteiger charge is -2.51. The molecule has 1 amide bonds. The molecule has 34 heavy (non-hydrogen) atoms. The van der Waals surface area contributed by atoms with E-state index in [1.54, 1.807) is 18.2 Å². The largest absolute Gasteiger partial charge is 0.508 e. The van der Waals surface area contributed by atoms with Crippen molar-refractivity contribution in [3.05, 3.63) is 96.1 Å². The highest BCUT2D eigenvalue weighted by atomic mass is 35.5. The molecule has 1 aliphatic rings. The van der Waals surface area contributed by atoms with Gasteiger partial charge in [0.2, 0.25) is 5.91 Å². The fourth-order valence-electron chi connectivity index (χ4n) is 5.00. The minimum absolute atomic E-state index is 0. The predicted molar refractivity (Wildman–Crippen MR) is 137 cm³/mol. The van der Waals surface area contributed by atoms with Gasteiger partial charge in [-0.05, 0) is 35.6 Å². The number of nitrogens with two attached hydrogens (primary N) is 1. The molecule has 3 N–H and O–H groups in total. The Labute approximate surface area is 208 Å². The smallest absolute Gasteiger partial charge is 0.234 e. The van der Waals surface area contributed by atoms with E-state index in [1.807, 2.05) is 66.7 Å². The van der Waals surface area contributed by atoms with Crippen LogP contribution in [0.25, 0.3) is 0 Å². The number of primary amides is 1. The Balaban J connectivity index is 0.00000324. The molecule has 1 heterocycles. The van der Waals surface area contributed by atoms with E-state index < -0.39 is 5.41 Å². The highest BCUT2D eigenvalue weighted by Crippen LogP contribution is 2.42. The summed E-state index contributed by atoms with van der Waals surface area (Å²) in [5.41, 5.74) is 7.11. The zero-order chi connectivity index (χ0) is 23.4. The lowest BCUT2D eigenvalue weighted by molar-refractivity contribution is -0.127. The lowest BCUT2D eigenvalue weighted by atomic mass is 9.65. The Morgan fingerprint density at radius 2 is 1.56 bits per heavy atom. The van der Waals surface area contributed by atoms with Crippen molar-refractivity contribution in [3.63, 3.8) is 0 Å². The third-order valence-corrected chi connectivity index (χ3v) is 6.48. The van der Waals surface area contributed by atoms with E-state index in [2.05, 4.69) is 18.7 Å². The van der Waals surface area contributed by atoms with Crippen molar-refractivity contribution >= 4 is 18.3 Å². The average Bonchev–Trinajstić information content (AvgIpc) is 2.77. The molecule has 1 aliphatic heterocycles. The maximum atomic E-state index is 13.4. The number of ether oxygens (including phenoxy) is 1. The van der Waals surface area contributed by atoms with Crippen LogP contribution in [-0.2, 0) is 10.2 Å². The van der Waals surface area contributed by atoms with Gasteiger partial charge in [0.1, 0.15) is 23.0 Å². The highest BCUT2D eigenvalue weighted by Gasteiger charge is 2.52. The van der Waals surface area contributed by atoms with Crippen LogP contribution in [-0.4, -0.2) is 41.1 Å². The summed E-state index contributed by atoms with van der Waals surface area (Å²) in [7, 11) is 0. The number of aromatic hydroxyl groups is 1. The van der Waals surface area contributed by atoms with Crippen LogP contribution in [0.5, 0.6) is 11.5 Å². The van der Waals surface area contributed by atoms with Crippen LogP contribution < -0.4 is 10.5 Å². The van der Waals surface area contributed by atoms with E-state index in [1.165, 1.54) is 0 Å². The molecule has 5 nitrogen and oxygen atoms in total. The number of hydrogen-bond donors (Lipinski definition) is 2. The topological polar surface area (TPSA) is 75.8 Å². The molecule has 0 aliphatic carbocycles. The average molecular weight is 481 g/mol. The fourth-order valence-corrected chi connectivity index (χ4v) is 5.00. The molecule has 0 spiro atoms. The zero-order valence-electron chi connectivity index (χ0n) is 19.6. The van der Waals surface area contributed by atoms with Gasteiger partial charge < -0.3 is 15.6 Å². The third kappa shape index (κ3) is 5.06. The van der Waals surface area contributed by atoms with Crippen molar-refractivity contribution < 1.29 is 14.6 Å². The first-order valence-corrected chi connectivity index (χ1v) is 11.5. The van der Waals surface area contributed by atoms with Crippen LogP contribution >= 0.6 is 12.4 Å². The summed E-state index contributed by atoms with van der Waals surface area (Å²) in [6.07, 6.45) is 0.796.